The first-order valence-electron chi connectivity index (χ1n) is 7.32. The molecule has 2 aromatic rings. The minimum absolute atomic E-state index is 0.0417. The molecular formula is C16H24N4. The number of nitrogens with one attached hydrogen (secondary N) is 1. The van der Waals surface area contributed by atoms with Gasteiger partial charge in [0.2, 0.25) is 0 Å². The first-order valence-corrected chi connectivity index (χ1v) is 7.32. The molecule has 0 fully saturated rings. The molecule has 0 spiro atoms. The van der Waals surface area contributed by atoms with Crippen LogP contribution in [0, 0.1) is 0 Å². The maximum absolute atomic E-state index is 4.24. The summed E-state index contributed by atoms with van der Waals surface area (Å²) in [4.78, 5) is 0. The molecule has 1 N–H and O–H groups in total. The predicted octanol–water partition coefficient (Wildman–Crippen LogP) is 2.93. The van der Waals surface area contributed by atoms with Crippen LogP contribution in [0.15, 0.2) is 36.5 Å². The normalized spacial score (nSPS) is 11.8. The Hall–Kier alpha value is -1.68. The highest BCUT2D eigenvalue weighted by atomic mass is 15.4. The summed E-state index contributed by atoms with van der Waals surface area (Å²) in [7, 11) is 0. The molecule has 0 aliphatic heterocycles. The first-order chi connectivity index (χ1) is 9.65. The van der Waals surface area contributed by atoms with Crippen molar-refractivity contribution in [1.82, 2.24) is 20.3 Å². The van der Waals surface area contributed by atoms with Gasteiger partial charge < -0.3 is 5.32 Å². The number of para-hydroxylation sites is 1. The van der Waals surface area contributed by atoms with Crippen molar-refractivity contribution < 1.29 is 0 Å². The van der Waals surface area contributed by atoms with Crippen LogP contribution in [0.2, 0.25) is 0 Å². The Balaban J connectivity index is 2.14. The van der Waals surface area contributed by atoms with E-state index in [0.29, 0.717) is 0 Å². The molecule has 2 rings (SSSR count). The average Bonchev–Trinajstić information content (AvgIpc) is 2.95. The van der Waals surface area contributed by atoms with E-state index in [1.165, 1.54) is 6.42 Å². The van der Waals surface area contributed by atoms with Crippen LogP contribution < -0.4 is 5.32 Å². The second-order valence-electron chi connectivity index (χ2n) is 5.75. The molecule has 0 saturated carbocycles. The van der Waals surface area contributed by atoms with Crippen LogP contribution in [0.3, 0.4) is 0 Å². The molecule has 0 aliphatic carbocycles. The molecule has 108 valence electrons. The summed E-state index contributed by atoms with van der Waals surface area (Å²) >= 11 is 0. The Bertz CT molecular complexity index is 516. The fraction of sp³-hybridized carbons (Fsp3) is 0.500. The van der Waals surface area contributed by atoms with Crippen molar-refractivity contribution in [2.24, 2.45) is 0 Å². The molecule has 0 unspecified atom stereocenters. The molecule has 1 aromatic heterocycles. The fourth-order valence-corrected chi connectivity index (χ4v) is 2.29. The van der Waals surface area contributed by atoms with Gasteiger partial charge in [0.15, 0.2) is 0 Å². The summed E-state index contributed by atoms with van der Waals surface area (Å²) < 4.78 is 1.94. The predicted molar refractivity (Wildman–Crippen MR) is 82.2 cm³/mol. The Morgan fingerprint density at radius 1 is 1.15 bits per heavy atom. The number of nitrogens with zero attached hydrogens (tertiary/aromatic N) is 3. The van der Waals surface area contributed by atoms with Gasteiger partial charge >= 0.3 is 0 Å². The van der Waals surface area contributed by atoms with E-state index in [0.717, 1.165) is 30.9 Å². The first kappa shape index (κ1) is 14.7. The molecule has 0 radical (unpaired) electrons. The van der Waals surface area contributed by atoms with Gasteiger partial charge in [-0.3, -0.25) is 0 Å². The van der Waals surface area contributed by atoms with Crippen LogP contribution >= 0.6 is 0 Å². The van der Waals surface area contributed by atoms with Crippen LogP contribution in [0.5, 0.6) is 0 Å². The van der Waals surface area contributed by atoms with Gasteiger partial charge in [-0.05, 0) is 38.1 Å². The third kappa shape index (κ3) is 3.45. The lowest BCUT2D eigenvalue weighted by Gasteiger charge is -2.25. The highest BCUT2D eigenvalue weighted by Crippen LogP contribution is 2.27. The maximum Gasteiger partial charge on any atom is 0.0735 e. The second kappa shape index (κ2) is 6.66. The summed E-state index contributed by atoms with van der Waals surface area (Å²) in [6, 6.07) is 10.2. The van der Waals surface area contributed by atoms with E-state index in [2.05, 4.69) is 48.5 Å². The zero-order valence-electron chi connectivity index (χ0n) is 12.6. The highest BCUT2D eigenvalue weighted by Gasteiger charge is 2.25. The van der Waals surface area contributed by atoms with Crippen molar-refractivity contribution in [2.75, 3.05) is 13.1 Å². The van der Waals surface area contributed by atoms with Crippen LogP contribution in [-0.4, -0.2) is 28.1 Å². The molecule has 0 atom stereocenters. The lowest BCUT2D eigenvalue weighted by molar-refractivity contribution is 0.434. The number of hydrogen-bond acceptors (Lipinski definition) is 3. The van der Waals surface area contributed by atoms with Gasteiger partial charge in [0.05, 0.1) is 17.6 Å². The van der Waals surface area contributed by atoms with Gasteiger partial charge in [-0.15, -0.1) is 5.10 Å². The van der Waals surface area contributed by atoms with Crippen molar-refractivity contribution >= 4 is 0 Å². The minimum Gasteiger partial charge on any atom is -0.317 e. The number of aromatic nitrogens is 3. The van der Waals surface area contributed by atoms with E-state index in [1.54, 1.807) is 0 Å². The molecular weight excluding hydrogens is 248 g/mol. The summed E-state index contributed by atoms with van der Waals surface area (Å²) in [5, 5.41) is 11.8. The number of rotatable bonds is 7. The zero-order chi connectivity index (χ0) is 14.4. The molecule has 0 bridgehead atoms. The Labute approximate surface area is 121 Å². The number of hydrogen-bond donors (Lipinski definition) is 1. The third-order valence-corrected chi connectivity index (χ3v) is 3.60. The molecule has 1 heterocycles. The molecule has 20 heavy (non-hydrogen) atoms. The summed E-state index contributed by atoms with van der Waals surface area (Å²) in [5.41, 5.74) is 2.26. The SMILES string of the molecule is CCCNCCC(C)(C)c1cnnn1-c1ccccc1. The molecule has 4 heteroatoms. The minimum atomic E-state index is 0.0417. The van der Waals surface area contributed by atoms with E-state index in [9.17, 15) is 0 Å². The smallest absolute Gasteiger partial charge is 0.0735 e. The molecule has 4 nitrogen and oxygen atoms in total. The summed E-state index contributed by atoms with van der Waals surface area (Å²) in [6.45, 7) is 8.77. The standard InChI is InChI=1S/C16H24N4/c1-4-11-17-12-10-16(2,3)15-13-18-19-20(15)14-8-6-5-7-9-14/h5-9,13,17H,4,10-12H2,1-3H3. The quantitative estimate of drug-likeness (QED) is 0.788. The van der Waals surface area contributed by atoms with Gasteiger partial charge in [-0.2, -0.15) is 0 Å². The summed E-state index contributed by atoms with van der Waals surface area (Å²) in [6.07, 6.45) is 4.12. The Kier molecular flexibility index (Phi) is 4.90. The van der Waals surface area contributed by atoms with E-state index >= 15 is 0 Å². The molecule has 0 amide bonds. The average molecular weight is 272 g/mol. The van der Waals surface area contributed by atoms with E-state index in [1.807, 2.05) is 29.1 Å². The van der Waals surface area contributed by atoms with Crippen LogP contribution in [0.1, 0.15) is 39.3 Å². The van der Waals surface area contributed by atoms with Crippen molar-refractivity contribution in [3.8, 4) is 5.69 Å². The Morgan fingerprint density at radius 3 is 2.60 bits per heavy atom. The van der Waals surface area contributed by atoms with Crippen LogP contribution in [0.25, 0.3) is 5.69 Å². The molecule has 0 aliphatic rings. The fourth-order valence-electron chi connectivity index (χ4n) is 2.29. The lowest BCUT2D eigenvalue weighted by atomic mass is 9.85. The lowest BCUT2D eigenvalue weighted by Crippen LogP contribution is -2.28. The largest absolute Gasteiger partial charge is 0.317 e. The van der Waals surface area contributed by atoms with Crippen LogP contribution in [-0.2, 0) is 5.41 Å². The van der Waals surface area contributed by atoms with Gasteiger partial charge in [0.25, 0.3) is 0 Å². The summed E-state index contributed by atoms with van der Waals surface area (Å²) in [5.74, 6) is 0. The topological polar surface area (TPSA) is 42.7 Å². The van der Waals surface area contributed by atoms with E-state index in [-0.39, 0.29) is 5.41 Å². The van der Waals surface area contributed by atoms with Crippen molar-refractivity contribution in [1.29, 1.82) is 0 Å². The van der Waals surface area contributed by atoms with Crippen molar-refractivity contribution in [3.05, 3.63) is 42.2 Å². The molecule has 1 aromatic carbocycles. The molecule has 0 saturated heterocycles. The van der Waals surface area contributed by atoms with Crippen molar-refractivity contribution in [2.45, 2.75) is 39.0 Å². The highest BCUT2D eigenvalue weighted by molar-refractivity contribution is 5.33. The monoisotopic (exact) mass is 272 g/mol. The van der Waals surface area contributed by atoms with Gasteiger partial charge in [0.1, 0.15) is 0 Å². The Morgan fingerprint density at radius 2 is 1.90 bits per heavy atom. The van der Waals surface area contributed by atoms with E-state index in [4.69, 9.17) is 0 Å². The maximum atomic E-state index is 4.24. The van der Waals surface area contributed by atoms with Crippen LogP contribution in [0.4, 0.5) is 0 Å². The van der Waals surface area contributed by atoms with Gasteiger partial charge in [-0.1, -0.05) is 44.2 Å². The van der Waals surface area contributed by atoms with Crippen molar-refractivity contribution in [3.63, 3.8) is 0 Å². The number of benzene rings is 1. The van der Waals surface area contributed by atoms with E-state index < -0.39 is 0 Å². The third-order valence-electron chi connectivity index (χ3n) is 3.60. The zero-order valence-corrected chi connectivity index (χ0v) is 12.6. The van der Waals surface area contributed by atoms with Gasteiger partial charge in [-0.25, -0.2) is 4.68 Å². The van der Waals surface area contributed by atoms with Gasteiger partial charge in [0, 0.05) is 5.41 Å². The second-order valence-corrected chi connectivity index (χ2v) is 5.75.